The number of nitriles is 1. The van der Waals surface area contributed by atoms with Gasteiger partial charge in [0.05, 0.1) is 13.2 Å². The van der Waals surface area contributed by atoms with Gasteiger partial charge in [-0.1, -0.05) is 54.6 Å². The number of hydrogen-bond donors (Lipinski definition) is 0. The van der Waals surface area contributed by atoms with Crippen LogP contribution in [0.5, 0.6) is 0 Å². The molecule has 0 fully saturated rings. The molecule has 0 aliphatic carbocycles. The molecule has 106 valence electrons. The molecule has 0 heterocycles. The van der Waals surface area contributed by atoms with E-state index in [4.69, 9.17) is 4.74 Å². The van der Waals surface area contributed by atoms with E-state index >= 15 is 0 Å². The fraction of sp³-hybridized carbons (Fsp3) is 0.222. The highest BCUT2D eigenvalue weighted by molar-refractivity contribution is 5.77. The van der Waals surface area contributed by atoms with Gasteiger partial charge < -0.3 is 4.74 Å². The molecule has 3 nitrogen and oxygen atoms in total. The fourth-order valence-corrected chi connectivity index (χ4v) is 2.54. The highest BCUT2D eigenvalue weighted by Crippen LogP contribution is 2.34. The smallest absolute Gasteiger partial charge is 0.324 e. The number of hydrogen-bond acceptors (Lipinski definition) is 3. The highest BCUT2D eigenvalue weighted by Gasteiger charge is 2.32. The Morgan fingerprint density at radius 3 is 2.29 bits per heavy atom. The molecule has 0 saturated carbocycles. The summed E-state index contributed by atoms with van der Waals surface area (Å²) >= 11 is 0. The Kier molecular flexibility index (Phi) is 4.73. The van der Waals surface area contributed by atoms with Crippen molar-refractivity contribution < 1.29 is 9.53 Å². The second-order valence-corrected chi connectivity index (χ2v) is 4.87. The average molecular weight is 279 g/mol. The summed E-state index contributed by atoms with van der Waals surface area (Å²) in [6, 6.07) is 19.5. The molecule has 21 heavy (non-hydrogen) atoms. The van der Waals surface area contributed by atoms with E-state index in [1.165, 1.54) is 7.11 Å². The normalized spacial score (nSPS) is 13.0. The molecule has 0 aromatic heterocycles. The zero-order valence-corrected chi connectivity index (χ0v) is 12.1. The zero-order valence-electron chi connectivity index (χ0n) is 12.1. The van der Waals surface area contributed by atoms with E-state index in [0.717, 1.165) is 16.7 Å². The van der Waals surface area contributed by atoms with Crippen molar-refractivity contribution in [3.05, 3.63) is 71.3 Å². The van der Waals surface area contributed by atoms with E-state index in [0.29, 0.717) is 0 Å². The van der Waals surface area contributed by atoms with E-state index in [2.05, 4.69) is 6.07 Å². The number of rotatable bonds is 4. The second kappa shape index (κ2) is 6.71. The van der Waals surface area contributed by atoms with Gasteiger partial charge in [0.25, 0.3) is 0 Å². The van der Waals surface area contributed by atoms with Crippen LogP contribution in [0.2, 0.25) is 0 Å². The Balaban J connectivity index is 2.58. The summed E-state index contributed by atoms with van der Waals surface area (Å²) in [7, 11) is 1.31. The number of benzene rings is 2. The van der Waals surface area contributed by atoms with Crippen molar-refractivity contribution in [1.82, 2.24) is 0 Å². The maximum atomic E-state index is 12.0. The number of methoxy groups -OCH3 is 1. The minimum absolute atomic E-state index is 0.329. The first-order valence-corrected chi connectivity index (χ1v) is 6.77. The van der Waals surface area contributed by atoms with Crippen LogP contribution in [0, 0.1) is 24.2 Å². The van der Waals surface area contributed by atoms with Crippen LogP contribution in [-0.4, -0.2) is 13.1 Å². The summed E-state index contributed by atoms with van der Waals surface area (Å²) in [6.45, 7) is 1.98. The molecule has 0 radical (unpaired) electrons. The van der Waals surface area contributed by atoms with Crippen molar-refractivity contribution in [1.29, 1.82) is 5.26 Å². The Bertz CT molecular complexity index is 658. The Labute approximate surface area is 124 Å². The molecular weight excluding hydrogens is 262 g/mol. The predicted octanol–water partition coefficient (Wildman–Crippen LogP) is 3.44. The van der Waals surface area contributed by atoms with Crippen molar-refractivity contribution in [3.63, 3.8) is 0 Å². The van der Waals surface area contributed by atoms with Gasteiger partial charge in [-0.05, 0) is 23.6 Å². The van der Waals surface area contributed by atoms with E-state index in [1.54, 1.807) is 0 Å². The molecule has 3 heteroatoms. The first kappa shape index (κ1) is 14.8. The highest BCUT2D eigenvalue weighted by atomic mass is 16.5. The Morgan fingerprint density at radius 1 is 1.10 bits per heavy atom. The lowest BCUT2D eigenvalue weighted by Gasteiger charge is -2.23. The van der Waals surface area contributed by atoms with Crippen LogP contribution in [0.25, 0.3) is 0 Å². The van der Waals surface area contributed by atoms with Crippen LogP contribution in [0.1, 0.15) is 22.6 Å². The first-order valence-electron chi connectivity index (χ1n) is 6.77. The predicted molar refractivity (Wildman–Crippen MR) is 80.6 cm³/mol. The number of aryl methyl sites for hydroxylation is 1. The molecule has 2 aromatic carbocycles. The lowest BCUT2D eigenvalue weighted by molar-refractivity contribution is -0.143. The summed E-state index contributed by atoms with van der Waals surface area (Å²) in [5, 5.41) is 9.46. The fourth-order valence-electron chi connectivity index (χ4n) is 2.54. The second-order valence-electron chi connectivity index (χ2n) is 4.87. The number of nitrogens with zero attached hydrogens (tertiary/aromatic N) is 1. The molecule has 0 aliphatic rings. The molecule has 0 amide bonds. The van der Waals surface area contributed by atoms with Crippen molar-refractivity contribution in [2.45, 2.75) is 12.8 Å². The van der Waals surface area contributed by atoms with Gasteiger partial charge in [0.2, 0.25) is 0 Å². The summed E-state index contributed by atoms with van der Waals surface area (Å²) < 4.78 is 4.81. The van der Waals surface area contributed by atoms with Crippen LogP contribution >= 0.6 is 0 Å². The third kappa shape index (κ3) is 3.11. The third-order valence-electron chi connectivity index (χ3n) is 3.61. The van der Waals surface area contributed by atoms with Crippen molar-refractivity contribution in [3.8, 4) is 6.07 Å². The lowest BCUT2D eigenvalue weighted by Crippen LogP contribution is -2.23. The van der Waals surface area contributed by atoms with Gasteiger partial charge in [-0.2, -0.15) is 5.26 Å². The molecule has 1 unspecified atom stereocenters. The molecular formula is C18H17NO2. The molecule has 0 saturated heterocycles. The SMILES string of the molecule is COC(=O)C(C#N)[C@H](c1ccccc1)c1ccccc1C. The van der Waals surface area contributed by atoms with Crippen LogP contribution < -0.4 is 0 Å². The van der Waals surface area contributed by atoms with Gasteiger partial charge in [0, 0.05) is 5.92 Å². The van der Waals surface area contributed by atoms with Gasteiger partial charge in [-0.15, -0.1) is 0 Å². The average Bonchev–Trinajstić information content (AvgIpc) is 2.53. The quantitative estimate of drug-likeness (QED) is 0.805. The minimum atomic E-state index is -0.863. The summed E-state index contributed by atoms with van der Waals surface area (Å²) in [6.07, 6.45) is 0. The van der Waals surface area contributed by atoms with Crippen molar-refractivity contribution >= 4 is 5.97 Å². The number of esters is 1. The topological polar surface area (TPSA) is 50.1 Å². The zero-order chi connectivity index (χ0) is 15.2. The van der Waals surface area contributed by atoms with E-state index < -0.39 is 11.9 Å². The number of carbonyl (C=O) groups is 1. The van der Waals surface area contributed by atoms with E-state index in [9.17, 15) is 10.1 Å². The van der Waals surface area contributed by atoms with Crippen LogP contribution in [0.15, 0.2) is 54.6 Å². The van der Waals surface area contributed by atoms with Crippen LogP contribution in [0.4, 0.5) is 0 Å². The van der Waals surface area contributed by atoms with E-state index in [1.807, 2.05) is 61.5 Å². The summed E-state index contributed by atoms with van der Waals surface area (Å²) in [5.41, 5.74) is 2.96. The largest absolute Gasteiger partial charge is 0.468 e. The van der Waals surface area contributed by atoms with E-state index in [-0.39, 0.29) is 5.92 Å². The maximum Gasteiger partial charge on any atom is 0.324 e. The van der Waals surface area contributed by atoms with Gasteiger partial charge in [-0.25, -0.2) is 0 Å². The standard InChI is InChI=1S/C18H17NO2/c1-13-8-6-7-11-15(13)17(14-9-4-3-5-10-14)16(12-19)18(20)21-2/h3-11,16-17H,1-2H3/t16?,17-/m1/s1. The van der Waals surface area contributed by atoms with Crippen LogP contribution in [0.3, 0.4) is 0 Å². The van der Waals surface area contributed by atoms with Gasteiger partial charge in [-0.3, -0.25) is 4.79 Å². The van der Waals surface area contributed by atoms with Gasteiger partial charge in [0.15, 0.2) is 5.92 Å². The van der Waals surface area contributed by atoms with Crippen molar-refractivity contribution in [2.24, 2.45) is 5.92 Å². The number of carbonyl (C=O) groups excluding carboxylic acids is 1. The Hall–Kier alpha value is -2.60. The molecule has 2 rings (SSSR count). The van der Waals surface area contributed by atoms with Crippen molar-refractivity contribution in [2.75, 3.05) is 7.11 Å². The monoisotopic (exact) mass is 279 g/mol. The lowest BCUT2D eigenvalue weighted by atomic mass is 9.79. The molecule has 2 aromatic rings. The number of ether oxygens (including phenoxy) is 1. The molecule has 0 N–H and O–H groups in total. The van der Waals surface area contributed by atoms with Gasteiger partial charge in [0.1, 0.15) is 0 Å². The first-order chi connectivity index (χ1) is 10.2. The summed E-state index contributed by atoms with van der Waals surface area (Å²) in [5.74, 6) is -1.70. The molecule has 0 bridgehead atoms. The molecule has 2 atom stereocenters. The minimum Gasteiger partial charge on any atom is -0.468 e. The van der Waals surface area contributed by atoms with Gasteiger partial charge >= 0.3 is 5.97 Å². The maximum absolute atomic E-state index is 12.0. The Morgan fingerprint density at radius 2 is 1.71 bits per heavy atom. The summed E-state index contributed by atoms with van der Waals surface area (Å²) in [4.78, 5) is 12.0. The van der Waals surface area contributed by atoms with Crippen LogP contribution in [-0.2, 0) is 9.53 Å². The molecule has 0 aliphatic heterocycles. The molecule has 0 spiro atoms. The third-order valence-corrected chi connectivity index (χ3v) is 3.61.